The van der Waals surface area contributed by atoms with Crippen LogP contribution in [0.3, 0.4) is 0 Å². The summed E-state index contributed by atoms with van der Waals surface area (Å²) in [7, 11) is 0. The zero-order chi connectivity index (χ0) is 23.0. The lowest BCUT2D eigenvalue weighted by atomic mass is 10.2. The van der Waals surface area contributed by atoms with Crippen LogP contribution in [0.25, 0.3) is 5.69 Å². The maximum Gasteiger partial charge on any atom is 0.232 e. The van der Waals surface area contributed by atoms with Crippen molar-refractivity contribution in [1.82, 2.24) is 20.1 Å². The fraction of sp³-hybridized carbons (Fsp3) is 0.375. The number of nitrogens with zero attached hydrogens (tertiary/aromatic N) is 4. The lowest BCUT2D eigenvalue weighted by Crippen LogP contribution is -2.37. The topological polar surface area (TPSA) is 72.3 Å². The van der Waals surface area contributed by atoms with Crippen LogP contribution in [0, 0.1) is 13.8 Å². The van der Waals surface area contributed by atoms with Crippen LogP contribution in [-0.4, -0.2) is 65.0 Å². The number of aromatic nitrogens is 3. The Morgan fingerprint density at radius 1 is 0.970 bits per heavy atom. The number of hydrogen-bond donors (Lipinski definition) is 1. The summed E-state index contributed by atoms with van der Waals surface area (Å²) in [4.78, 5) is 15.8. The van der Waals surface area contributed by atoms with Gasteiger partial charge in [0, 0.05) is 30.3 Å². The Morgan fingerprint density at radius 2 is 1.64 bits per heavy atom. The molecule has 0 aliphatic carbocycles. The van der Waals surface area contributed by atoms with E-state index in [1.807, 2.05) is 4.57 Å². The summed E-state index contributed by atoms with van der Waals surface area (Å²) in [6.45, 7) is 7.66. The number of carbonyl (C=O) groups is 1. The zero-order valence-corrected chi connectivity index (χ0v) is 20.6. The van der Waals surface area contributed by atoms with Crippen molar-refractivity contribution in [2.75, 3.05) is 49.3 Å². The summed E-state index contributed by atoms with van der Waals surface area (Å²) in [6, 6.07) is 16.7. The Balaban J connectivity index is 1.35. The van der Waals surface area contributed by atoms with Crippen molar-refractivity contribution in [3.63, 3.8) is 0 Å². The third-order valence-electron chi connectivity index (χ3n) is 5.25. The van der Waals surface area contributed by atoms with Crippen molar-refractivity contribution in [3.8, 4) is 5.69 Å². The number of aryl methyl sites for hydroxylation is 2. The van der Waals surface area contributed by atoms with E-state index in [1.54, 1.807) is 11.8 Å². The van der Waals surface area contributed by atoms with Crippen molar-refractivity contribution < 1.29 is 9.53 Å². The summed E-state index contributed by atoms with van der Waals surface area (Å²) in [6.07, 6.45) is 0. The van der Waals surface area contributed by atoms with Gasteiger partial charge in [0.05, 0.1) is 24.7 Å². The molecule has 1 aliphatic rings. The molecule has 7 nitrogen and oxygen atoms in total. The molecular formula is C24H29N5O2S2. The van der Waals surface area contributed by atoms with Crippen LogP contribution in [0.1, 0.15) is 11.1 Å². The highest BCUT2D eigenvalue weighted by molar-refractivity contribution is 7.99. The third-order valence-corrected chi connectivity index (χ3v) is 7.19. The molecule has 0 atom stereocenters. The number of ether oxygens (including phenoxy) is 1. The molecule has 2 aromatic carbocycles. The van der Waals surface area contributed by atoms with Gasteiger partial charge in [0.15, 0.2) is 5.16 Å². The largest absolute Gasteiger partial charge is 0.378 e. The number of morpholine rings is 1. The number of thioether (sulfide) groups is 2. The van der Waals surface area contributed by atoms with Crippen LogP contribution in [0.2, 0.25) is 0 Å². The van der Waals surface area contributed by atoms with E-state index in [1.165, 1.54) is 27.8 Å². The first kappa shape index (κ1) is 23.7. The normalized spacial score (nSPS) is 13.8. The minimum atomic E-state index is -0.00381. The molecule has 0 spiro atoms. The van der Waals surface area contributed by atoms with Crippen molar-refractivity contribution in [3.05, 3.63) is 59.7 Å². The Bertz CT molecular complexity index is 1050. The summed E-state index contributed by atoms with van der Waals surface area (Å²) >= 11 is 3.15. The molecule has 1 saturated heterocycles. The molecule has 33 heavy (non-hydrogen) atoms. The monoisotopic (exact) mass is 483 g/mol. The minimum Gasteiger partial charge on any atom is -0.378 e. The predicted molar refractivity (Wildman–Crippen MR) is 135 cm³/mol. The highest BCUT2D eigenvalue weighted by Gasteiger charge is 2.22. The quantitative estimate of drug-likeness (QED) is 0.367. The number of nitrogens with one attached hydrogen (secondary N) is 1. The summed E-state index contributed by atoms with van der Waals surface area (Å²) in [5.41, 5.74) is 3.43. The molecule has 0 radical (unpaired) electrons. The number of hydrogen-bond acceptors (Lipinski definition) is 7. The molecule has 174 valence electrons. The SMILES string of the molecule is Cc1ccc(SCCNC(=O)CSc2nnc(N3CCOCC3)n2-c2ccc(C)cc2)cc1. The van der Waals surface area contributed by atoms with Crippen molar-refractivity contribution in [1.29, 1.82) is 0 Å². The molecule has 1 N–H and O–H groups in total. The van der Waals surface area contributed by atoms with Gasteiger partial charge in [-0.3, -0.25) is 9.36 Å². The average Bonchev–Trinajstić information content (AvgIpc) is 3.27. The van der Waals surface area contributed by atoms with Gasteiger partial charge in [0.1, 0.15) is 0 Å². The number of carbonyl (C=O) groups excluding carboxylic acids is 1. The number of rotatable bonds is 9. The van der Waals surface area contributed by atoms with Crippen LogP contribution in [0.4, 0.5) is 5.95 Å². The summed E-state index contributed by atoms with van der Waals surface area (Å²) in [5, 5.41) is 12.6. The van der Waals surface area contributed by atoms with E-state index in [2.05, 4.69) is 82.8 Å². The first-order chi connectivity index (χ1) is 16.1. The van der Waals surface area contributed by atoms with Crippen molar-refractivity contribution in [2.45, 2.75) is 23.9 Å². The van der Waals surface area contributed by atoms with E-state index in [0.29, 0.717) is 30.7 Å². The van der Waals surface area contributed by atoms with Gasteiger partial charge < -0.3 is 15.0 Å². The molecule has 1 fully saturated rings. The van der Waals surface area contributed by atoms with Gasteiger partial charge in [-0.05, 0) is 38.1 Å². The first-order valence-electron chi connectivity index (χ1n) is 11.0. The molecule has 2 heterocycles. The molecule has 0 unspecified atom stereocenters. The fourth-order valence-electron chi connectivity index (χ4n) is 3.42. The van der Waals surface area contributed by atoms with Gasteiger partial charge in [-0.2, -0.15) is 0 Å². The number of amides is 1. The second-order valence-corrected chi connectivity index (χ2v) is 9.96. The van der Waals surface area contributed by atoms with E-state index < -0.39 is 0 Å². The van der Waals surface area contributed by atoms with Crippen molar-refractivity contribution in [2.24, 2.45) is 0 Å². The Kier molecular flexibility index (Phi) is 8.30. The minimum absolute atomic E-state index is 0.00381. The fourth-order valence-corrected chi connectivity index (χ4v) is 4.96. The van der Waals surface area contributed by atoms with Gasteiger partial charge in [-0.25, -0.2) is 0 Å². The molecule has 4 rings (SSSR count). The first-order valence-corrected chi connectivity index (χ1v) is 13.0. The second kappa shape index (κ2) is 11.6. The Hall–Kier alpha value is -2.49. The van der Waals surface area contributed by atoms with Gasteiger partial charge >= 0.3 is 0 Å². The average molecular weight is 484 g/mol. The van der Waals surface area contributed by atoms with E-state index in [-0.39, 0.29) is 5.91 Å². The van der Waals surface area contributed by atoms with E-state index in [4.69, 9.17) is 4.74 Å². The number of benzene rings is 2. The van der Waals surface area contributed by atoms with Gasteiger partial charge in [-0.1, -0.05) is 47.2 Å². The van der Waals surface area contributed by atoms with Crippen LogP contribution in [0.5, 0.6) is 0 Å². The van der Waals surface area contributed by atoms with Crippen LogP contribution in [0.15, 0.2) is 58.6 Å². The lowest BCUT2D eigenvalue weighted by molar-refractivity contribution is -0.118. The van der Waals surface area contributed by atoms with Gasteiger partial charge in [0.25, 0.3) is 0 Å². The Morgan fingerprint density at radius 3 is 2.33 bits per heavy atom. The zero-order valence-electron chi connectivity index (χ0n) is 19.0. The maximum atomic E-state index is 12.4. The van der Waals surface area contributed by atoms with E-state index in [0.717, 1.165) is 30.5 Å². The molecule has 3 aromatic rings. The summed E-state index contributed by atoms with van der Waals surface area (Å²) in [5.74, 6) is 1.91. The number of anilines is 1. The molecule has 1 amide bonds. The van der Waals surface area contributed by atoms with Gasteiger partial charge in [-0.15, -0.1) is 22.0 Å². The molecule has 0 bridgehead atoms. The van der Waals surface area contributed by atoms with Gasteiger partial charge in [0.2, 0.25) is 11.9 Å². The predicted octanol–water partition coefficient (Wildman–Crippen LogP) is 3.72. The van der Waals surface area contributed by atoms with Crippen molar-refractivity contribution >= 4 is 35.4 Å². The molecular weight excluding hydrogens is 454 g/mol. The highest BCUT2D eigenvalue weighted by atomic mass is 32.2. The third kappa shape index (κ3) is 6.52. The maximum absolute atomic E-state index is 12.4. The van der Waals surface area contributed by atoms with Crippen LogP contribution in [-0.2, 0) is 9.53 Å². The van der Waals surface area contributed by atoms with E-state index in [9.17, 15) is 4.79 Å². The van der Waals surface area contributed by atoms with Crippen LogP contribution >= 0.6 is 23.5 Å². The molecule has 9 heteroatoms. The standard InChI is InChI=1S/C24H29N5O2S2/c1-18-3-7-20(8-4-18)29-23(28-12-14-31-15-13-28)26-27-24(29)33-17-22(30)25-11-16-32-21-9-5-19(2)6-10-21/h3-10H,11-17H2,1-2H3,(H,25,30). The van der Waals surface area contributed by atoms with E-state index >= 15 is 0 Å². The van der Waals surface area contributed by atoms with Crippen LogP contribution < -0.4 is 10.2 Å². The molecule has 0 saturated carbocycles. The Labute approximate surface area is 203 Å². The molecule has 1 aromatic heterocycles. The lowest BCUT2D eigenvalue weighted by Gasteiger charge is -2.27. The molecule has 1 aliphatic heterocycles. The highest BCUT2D eigenvalue weighted by Crippen LogP contribution is 2.27. The second-order valence-electron chi connectivity index (χ2n) is 7.85. The smallest absolute Gasteiger partial charge is 0.232 e. The summed E-state index contributed by atoms with van der Waals surface area (Å²) < 4.78 is 7.53.